The summed E-state index contributed by atoms with van der Waals surface area (Å²) in [6.07, 6.45) is -1.74. The molecule has 0 saturated heterocycles. The van der Waals surface area contributed by atoms with Crippen LogP contribution in [0.3, 0.4) is 0 Å². The van der Waals surface area contributed by atoms with E-state index < -0.39 is 12.2 Å². The quantitative estimate of drug-likeness (QED) is 0.716. The molecule has 3 nitrogen and oxygen atoms in total. The molecule has 2 aromatic rings. The number of benzene rings is 1. The van der Waals surface area contributed by atoms with Crippen LogP contribution in [0.4, 0.5) is 0 Å². The zero-order valence-corrected chi connectivity index (χ0v) is 9.58. The van der Waals surface area contributed by atoms with E-state index in [4.69, 9.17) is 0 Å². The highest BCUT2D eigenvalue weighted by Crippen LogP contribution is 2.24. The van der Waals surface area contributed by atoms with Gasteiger partial charge in [-0.15, -0.1) is 11.3 Å². The van der Waals surface area contributed by atoms with Crippen molar-refractivity contribution >= 4 is 34.2 Å². The van der Waals surface area contributed by atoms with E-state index in [0.29, 0.717) is 5.56 Å². The van der Waals surface area contributed by atoms with Crippen molar-refractivity contribution in [3.63, 3.8) is 0 Å². The number of aromatic nitrogens is 1. The lowest BCUT2D eigenvalue weighted by atomic mass is 10.1. The van der Waals surface area contributed by atoms with Crippen molar-refractivity contribution in [3.05, 3.63) is 29.3 Å². The molecule has 1 heterocycles. The number of rotatable bonds is 3. The average Bonchev–Trinajstić information content (AvgIpc) is 2.73. The number of thiol groups is 1. The zero-order chi connectivity index (χ0) is 10.8. The summed E-state index contributed by atoms with van der Waals surface area (Å²) < 4.78 is 1.08. The first-order chi connectivity index (χ1) is 7.22. The summed E-state index contributed by atoms with van der Waals surface area (Å²) in [5.74, 6) is 0.232. The van der Waals surface area contributed by atoms with Gasteiger partial charge in [-0.25, -0.2) is 4.98 Å². The molecule has 0 aliphatic heterocycles. The van der Waals surface area contributed by atoms with Crippen LogP contribution in [0.1, 0.15) is 11.7 Å². The Morgan fingerprint density at radius 1 is 1.40 bits per heavy atom. The molecule has 0 amide bonds. The Morgan fingerprint density at radius 2 is 2.20 bits per heavy atom. The van der Waals surface area contributed by atoms with Gasteiger partial charge in [0.05, 0.1) is 21.8 Å². The Balaban J connectivity index is 2.35. The number of aliphatic hydroxyl groups is 2. The first kappa shape index (κ1) is 10.9. The smallest absolute Gasteiger partial charge is 0.106 e. The largest absolute Gasteiger partial charge is 0.389 e. The number of nitrogens with zero attached hydrogens (tertiary/aromatic N) is 1. The Hall–Kier alpha value is -0.620. The van der Waals surface area contributed by atoms with Crippen LogP contribution in [-0.2, 0) is 0 Å². The first-order valence-electron chi connectivity index (χ1n) is 4.52. The average molecular weight is 241 g/mol. The molecular weight excluding hydrogens is 230 g/mol. The predicted molar refractivity (Wildman–Crippen MR) is 64.4 cm³/mol. The molecule has 0 radical (unpaired) electrons. The van der Waals surface area contributed by atoms with Crippen molar-refractivity contribution in [1.29, 1.82) is 0 Å². The summed E-state index contributed by atoms with van der Waals surface area (Å²) in [6, 6.07) is 5.50. The van der Waals surface area contributed by atoms with Gasteiger partial charge in [0.25, 0.3) is 0 Å². The molecule has 0 aliphatic rings. The lowest BCUT2D eigenvalue weighted by Gasteiger charge is -2.15. The fourth-order valence-electron chi connectivity index (χ4n) is 1.38. The van der Waals surface area contributed by atoms with Gasteiger partial charge in [0.15, 0.2) is 0 Å². The van der Waals surface area contributed by atoms with Crippen LogP contribution in [0.15, 0.2) is 23.7 Å². The summed E-state index contributed by atoms with van der Waals surface area (Å²) in [5.41, 5.74) is 3.29. The third kappa shape index (κ3) is 2.15. The Labute approximate surface area is 96.8 Å². The van der Waals surface area contributed by atoms with Crippen LogP contribution in [0.5, 0.6) is 0 Å². The molecule has 1 aromatic carbocycles. The zero-order valence-electron chi connectivity index (χ0n) is 7.87. The van der Waals surface area contributed by atoms with Crippen molar-refractivity contribution in [1.82, 2.24) is 4.98 Å². The fourth-order valence-corrected chi connectivity index (χ4v) is 2.24. The first-order valence-corrected chi connectivity index (χ1v) is 6.03. The molecule has 2 rings (SSSR count). The van der Waals surface area contributed by atoms with E-state index in [1.165, 1.54) is 0 Å². The van der Waals surface area contributed by atoms with Crippen molar-refractivity contribution in [3.8, 4) is 0 Å². The Bertz CT molecular complexity index is 457. The van der Waals surface area contributed by atoms with Gasteiger partial charge in [0.1, 0.15) is 6.10 Å². The van der Waals surface area contributed by atoms with Gasteiger partial charge in [0, 0.05) is 5.75 Å². The van der Waals surface area contributed by atoms with E-state index in [1.54, 1.807) is 29.0 Å². The van der Waals surface area contributed by atoms with Gasteiger partial charge in [-0.3, -0.25) is 0 Å². The van der Waals surface area contributed by atoms with E-state index in [1.807, 2.05) is 6.07 Å². The summed E-state index contributed by atoms with van der Waals surface area (Å²) >= 11 is 5.49. The number of fused-ring (bicyclic) bond motifs is 1. The van der Waals surface area contributed by atoms with Gasteiger partial charge >= 0.3 is 0 Å². The predicted octanol–water partition coefficient (Wildman–Crippen LogP) is 1.62. The van der Waals surface area contributed by atoms with Crippen LogP contribution >= 0.6 is 24.0 Å². The highest BCUT2D eigenvalue weighted by atomic mass is 32.1. The standard InChI is InChI=1S/C10H11NO2S2/c12-8(4-14)10(13)6-1-2-9-7(3-6)11-5-15-9/h1-3,5,8,10,12-14H,4H2. The number of aliphatic hydroxyl groups excluding tert-OH is 2. The van der Waals surface area contributed by atoms with Crippen LogP contribution in [0, 0.1) is 0 Å². The lowest BCUT2D eigenvalue weighted by Crippen LogP contribution is -2.19. The van der Waals surface area contributed by atoms with Crippen LogP contribution in [-0.4, -0.2) is 27.1 Å². The lowest BCUT2D eigenvalue weighted by molar-refractivity contribution is 0.0338. The van der Waals surface area contributed by atoms with Crippen molar-refractivity contribution in [2.45, 2.75) is 12.2 Å². The van der Waals surface area contributed by atoms with Gasteiger partial charge in [-0.2, -0.15) is 12.6 Å². The molecule has 0 fully saturated rings. The number of hydrogen-bond donors (Lipinski definition) is 3. The summed E-state index contributed by atoms with van der Waals surface area (Å²) in [7, 11) is 0. The van der Waals surface area contributed by atoms with E-state index in [0.717, 1.165) is 10.2 Å². The highest BCUT2D eigenvalue weighted by molar-refractivity contribution is 7.80. The molecule has 2 atom stereocenters. The molecule has 2 unspecified atom stereocenters. The van der Waals surface area contributed by atoms with Crippen LogP contribution in [0.25, 0.3) is 10.2 Å². The molecule has 2 N–H and O–H groups in total. The van der Waals surface area contributed by atoms with Gasteiger partial charge < -0.3 is 10.2 Å². The minimum absolute atomic E-state index is 0.232. The maximum absolute atomic E-state index is 9.76. The molecule has 0 spiro atoms. The topological polar surface area (TPSA) is 53.4 Å². The molecule has 15 heavy (non-hydrogen) atoms. The fraction of sp³-hybridized carbons (Fsp3) is 0.300. The summed E-state index contributed by atoms with van der Waals surface area (Å²) in [6.45, 7) is 0. The molecule has 0 bridgehead atoms. The third-order valence-electron chi connectivity index (χ3n) is 2.25. The van der Waals surface area contributed by atoms with E-state index in [-0.39, 0.29) is 5.75 Å². The monoisotopic (exact) mass is 241 g/mol. The number of thiazole rings is 1. The van der Waals surface area contributed by atoms with Gasteiger partial charge in [-0.05, 0) is 17.7 Å². The van der Waals surface area contributed by atoms with Gasteiger partial charge in [-0.1, -0.05) is 6.07 Å². The Kier molecular flexibility index (Phi) is 3.25. The second-order valence-corrected chi connectivity index (χ2v) is 4.53. The van der Waals surface area contributed by atoms with Gasteiger partial charge in [0.2, 0.25) is 0 Å². The minimum atomic E-state index is -0.895. The van der Waals surface area contributed by atoms with Crippen molar-refractivity contribution in [2.24, 2.45) is 0 Å². The molecule has 80 valence electrons. The molecular formula is C10H11NO2S2. The normalized spacial score (nSPS) is 15.4. The van der Waals surface area contributed by atoms with Crippen molar-refractivity contribution in [2.75, 3.05) is 5.75 Å². The van der Waals surface area contributed by atoms with E-state index in [9.17, 15) is 10.2 Å². The SMILES string of the molecule is OC(CS)C(O)c1ccc2scnc2c1. The van der Waals surface area contributed by atoms with Crippen LogP contribution < -0.4 is 0 Å². The van der Waals surface area contributed by atoms with Crippen molar-refractivity contribution < 1.29 is 10.2 Å². The van der Waals surface area contributed by atoms with E-state index in [2.05, 4.69) is 17.6 Å². The second-order valence-electron chi connectivity index (χ2n) is 3.27. The molecule has 5 heteroatoms. The Morgan fingerprint density at radius 3 is 2.93 bits per heavy atom. The number of hydrogen-bond acceptors (Lipinski definition) is 5. The highest BCUT2D eigenvalue weighted by Gasteiger charge is 2.17. The minimum Gasteiger partial charge on any atom is -0.389 e. The maximum Gasteiger partial charge on any atom is 0.106 e. The van der Waals surface area contributed by atoms with Crippen LogP contribution in [0.2, 0.25) is 0 Å². The second kappa shape index (κ2) is 4.49. The summed E-state index contributed by atoms with van der Waals surface area (Å²) in [5, 5.41) is 19.2. The molecule has 0 aliphatic carbocycles. The van der Waals surface area contributed by atoms with E-state index >= 15 is 0 Å². The maximum atomic E-state index is 9.76. The molecule has 1 aromatic heterocycles. The third-order valence-corrected chi connectivity index (χ3v) is 3.43. The molecule has 0 saturated carbocycles. The summed E-state index contributed by atoms with van der Waals surface area (Å²) in [4.78, 5) is 4.15.